The SMILES string of the molecule is CNCc1cn(S(=O)(=O)c2cccc(C(F)(F)F)c2)c2cc(Nc3ccc(C)cc3F)ccc12. The molecule has 4 aromatic rings. The molecular formula is C24H21F4N3O2S. The first kappa shape index (κ1) is 23.8. The molecule has 0 saturated carbocycles. The second-order valence-corrected chi connectivity index (χ2v) is 9.67. The molecule has 0 aliphatic carbocycles. The fourth-order valence-electron chi connectivity index (χ4n) is 3.70. The fraction of sp³-hybridized carbons (Fsp3) is 0.167. The maximum Gasteiger partial charge on any atom is 0.416 e. The minimum atomic E-state index is -4.68. The van der Waals surface area contributed by atoms with Crippen LogP contribution in [0.4, 0.5) is 28.9 Å². The van der Waals surface area contributed by atoms with Crippen LogP contribution in [-0.2, 0) is 22.7 Å². The number of aromatic nitrogens is 1. The van der Waals surface area contributed by atoms with Gasteiger partial charge < -0.3 is 10.6 Å². The monoisotopic (exact) mass is 491 g/mol. The highest BCUT2D eigenvalue weighted by atomic mass is 32.2. The van der Waals surface area contributed by atoms with Gasteiger partial charge in [0.15, 0.2) is 0 Å². The van der Waals surface area contributed by atoms with E-state index < -0.39 is 32.5 Å². The van der Waals surface area contributed by atoms with Gasteiger partial charge in [-0.05, 0) is 67.6 Å². The lowest BCUT2D eigenvalue weighted by molar-refractivity contribution is -0.137. The quantitative estimate of drug-likeness (QED) is 0.334. The summed E-state index contributed by atoms with van der Waals surface area (Å²) in [6.45, 7) is 2.09. The fourth-order valence-corrected chi connectivity index (χ4v) is 5.13. The first-order valence-corrected chi connectivity index (χ1v) is 11.7. The van der Waals surface area contributed by atoms with E-state index >= 15 is 0 Å². The Balaban J connectivity index is 1.85. The molecule has 0 radical (unpaired) electrons. The van der Waals surface area contributed by atoms with Crippen molar-refractivity contribution >= 4 is 32.3 Å². The molecule has 10 heteroatoms. The Bertz CT molecular complexity index is 1480. The summed E-state index contributed by atoms with van der Waals surface area (Å²) in [5.74, 6) is -0.470. The first-order chi connectivity index (χ1) is 16.0. The number of aryl methyl sites for hydroxylation is 1. The first-order valence-electron chi connectivity index (χ1n) is 10.3. The third-order valence-corrected chi connectivity index (χ3v) is 7.01. The molecule has 0 saturated heterocycles. The zero-order valence-corrected chi connectivity index (χ0v) is 19.1. The number of hydrogen-bond donors (Lipinski definition) is 2. The lowest BCUT2D eigenvalue weighted by atomic mass is 10.1. The second kappa shape index (κ2) is 8.77. The topological polar surface area (TPSA) is 63.1 Å². The summed E-state index contributed by atoms with van der Waals surface area (Å²) >= 11 is 0. The van der Waals surface area contributed by atoms with Crippen LogP contribution < -0.4 is 10.6 Å². The van der Waals surface area contributed by atoms with Gasteiger partial charge >= 0.3 is 6.18 Å². The van der Waals surface area contributed by atoms with Crippen molar-refractivity contribution in [2.24, 2.45) is 0 Å². The van der Waals surface area contributed by atoms with E-state index in [-0.39, 0.29) is 11.2 Å². The molecule has 178 valence electrons. The highest BCUT2D eigenvalue weighted by molar-refractivity contribution is 7.90. The maximum absolute atomic E-state index is 14.3. The predicted octanol–water partition coefficient (Wildman–Crippen LogP) is 5.81. The van der Waals surface area contributed by atoms with Gasteiger partial charge in [0.2, 0.25) is 0 Å². The molecule has 3 aromatic carbocycles. The number of fused-ring (bicyclic) bond motifs is 1. The second-order valence-electron chi connectivity index (χ2n) is 7.85. The average Bonchev–Trinajstić information content (AvgIpc) is 3.14. The van der Waals surface area contributed by atoms with Gasteiger partial charge in [-0.25, -0.2) is 16.8 Å². The molecule has 5 nitrogen and oxygen atoms in total. The molecule has 0 aliphatic heterocycles. The molecule has 4 rings (SSSR count). The van der Waals surface area contributed by atoms with Crippen LogP contribution in [0.2, 0.25) is 0 Å². The Morgan fingerprint density at radius 2 is 1.76 bits per heavy atom. The Morgan fingerprint density at radius 1 is 1.00 bits per heavy atom. The molecule has 0 unspecified atom stereocenters. The van der Waals surface area contributed by atoms with Crippen molar-refractivity contribution in [3.8, 4) is 0 Å². The Labute approximate surface area is 194 Å². The van der Waals surface area contributed by atoms with Crippen LogP contribution in [0, 0.1) is 12.7 Å². The molecule has 0 fully saturated rings. The third kappa shape index (κ3) is 4.51. The van der Waals surface area contributed by atoms with Crippen molar-refractivity contribution < 1.29 is 26.0 Å². The minimum Gasteiger partial charge on any atom is -0.353 e. The zero-order valence-electron chi connectivity index (χ0n) is 18.2. The van der Waals surface area contributed by atoms with Crippen LogP contribution in [-0.4, -0.2) is 19.4 Å². The van der Waals surface area contributed by atoms with Crippen molar-refractivity contribution in [3.63, 3.8) is 0 Å². The lowest BCUT2D eigenvalue weighted by Gasteiger charge is -2.12. The summed E-state index contributed by atoms with van der Waals surface area (Å²) in [6, 6.07) is 13.2. The van der Waals surface area contributed by atoms with Crippen molar-refractivity contribution in [3.05, 3.63) is 89.4 Å². The van der Waals surface area contributed by atoms with Gasteiger partial charge in [0.1, 0.15) is 5.82 Å². The summed E-state index contributed by atoms with van der Waals surface area (Å²) in [5, 5.41) is 6.48. The van der Waals surface area contributed by atoms with Crippen molar-refractivity contribution in [2.45, 2.75) is 24.5 Å². The number of nitrogens with one attached hydrogen (secondary N) is 2. The van der Waals surface area contributed by atoms with E-state index in [9.17, 15) is 26.0 Å². The number of nitrogens with zero attached hydrogens (tertiary/aromatic N) is 1. The third-order valence-electron chi connectivity index (χ3n) is 5.34. The summed E-state index contributed by atoms with van der Waals surface area (Å²) in [5.41, 5.74) is 1.21. The predicted molar refractivity (Wildman–Crippen MR) is 123 cm³/mol. The molecule has 34 heavy (non-hydrogen) atoms. The molecule has 2 N–H and O–H groups in total. The van der Waals surface area contributed by atoms with E-state index in [0.29, 0.717) is 29.2 Å². The normalized spacial score (nSPS) is 12.3. The number of benzene rings is 3. The van der Waals surface area contributed by atoms with Crippen LogP contribution in [0.5, 0.6) is 0 Å². The largest absolute Gasteiger partial charge is 0.416 e. The summed E-state index contributed by atoms with van der Waals surface area (Å²) < 4.78 is 81.6. The van der Waals surface area contributed by atoms with E-state index in [1.165, 1.54) is 18.3 Å². The van der Waals surface area contributed by atoms with Gasteiger partial charge in [-0.2, -0.15) is 13.2 Å². The summed E-state index contributed by atoms with van der Waals surface area (Å²) in [7, 11) is -2.67. The van der Waals surface area contributed by atoms with E-state index in [1.807, 2.05) is 0 Å². The Morgan fingerprint density at radius 3 is 2.44 bits per heavy atom. The number of halogens is 4. The van der Waals surface area contributed by atoms with Gasteiger partial charge in [-0.15, -0.1) is 0 Å². The highest BCUT2D eigenvalue weighted by Crippen LogP contribution is 2.33. The molecule has 1 aromatic heterocycles. The van der Waals surface area contributed by atoms with E-state index in [0.717, 1.165) is 27.7 Å². The maximum atomic E-state index is 14.3. The van der Waals surface area contributed by atoms with Crippen LogP contribution in [0.15, 0.2) is 71.8 Å². The highest BCUT2D eigenvalue weighted by Gasteiger charge is 2.32. The smallest absolute Gasteiger partial charge is 0.353 e. The standard InChI is InChI=1S/C24H21F4N3O2S/c1-15-6-9-22(21(25)10-15)30-18-7-8-20-16(13-29-2)14-31(23(20)12-18)34(32,33)19-5-3-4-17(11-19)24(26,27)28/h3-12,14,29-30H,13H2,1-2H3. The van der Waals surface area contributed by atoms with Crippen LogP contribution >= 0.6 is 0 Å². The van der Waals surface area contributed by atoms with E-state index in [1.54, 1.807) is 38.2 Å². The minimum absolute atomic E-state index is 0.208. The Hall–Kier alpha value is -3.37. The lowest BCUT2D eigenvalue weighted by Crippen LogP contribution is -2.14. The summed E-state index contributed by atoms with van der Waals surface area (Å²) in [6.07, 6.45) is -3.30. The molecule has 1 heterocycles. The molecule has 0 spiro atoms. The number of alkyl halides is 3. The van der Waals surface area contributed by atoms with Crippen molar-refractivity contribution in [1.29, 1.82) is 0 Å². The van der Waals surface area contributed by atoms with Crippen molar-refractivity contribution in [2.75, 3.05) is 12.4 Å². The molecular weight excluding hydrogens is 470 g/mol. The molecule has 0 aliphatic rings. The molecule has 0 amide bonds. The van der Waals surface area contributed by atoms with Crippen LogP contribution in [0.25, 0.3) is 10.9 Å². The van der Waals surface area contributed by atoms with Gasteiger partial charge in [0.05, 0.1) is 21.7 Å². The number of rotatable bonds is 6. The van der Waals surface area contributed by atoms with Gasteiger partial charge in [-0.3, -0.25) is 0 Å². The van der Waals surface area contributed by atoms with Crippen LogP contribution in [0.3, 0.4) is 0 Å². The average molecular weight is 492 g/mol. The zero-order chi connectivity index (χ0) is 24.7. The number of anilines is 2. The molecule has 0 bridgehead atoms. The van der Waals surface area contributed by atoms with E-state index in [2.05, 4.69) is 10.6 Å². The van der Waals surface area contributed by atoms with Crippen LogP contribution in [0.1, 0.15) is 16.7 Å². The van der Waals surface area contributed by atoms with E-state index in [4.69, 9.17) is 0 Å². The van der Waals surface area contributed by atoms with Gasteiger partial charge in [0.25, 0.3) is 10.0 Å². The summed E-state index contributed by atoms with van der Waals surface area (Å²) in [4.78, 5) is -0.488. The van der Waals surface area contributed by atoms with Gasteiger partial charge in [0, 0.05) is 23.8 Å². The molecule has 0 atom stereocenters. The Kier molecular flexibility index (Phi) is 6.13. The van der Waals surface area contributed by atoms with Gasteiger partial charge in [-0.1, -0.05) is 18.2 Å². The number of hydrogen-bond acceptors (Lipinski definition) is 4. The van der Waals surface area contributed by atoms with Crippen molar-refractivity contribution in [1.82, 2.24) is 9.29 Å².